The summed E-state index contributed by atoms with van der Waals surface area (Å²) in [5.41, 5.74) is 4.44. The van der Waals surface area contributed by atoms with Crippen LogP contribution in [0.5, 0.6) is 5.75 Å². The largest absolute Gasteiger partial charge is 0.485 e. The van der Waals surface area contributed by atoms with E-state index in [1.807, 2.05) is 18.2 Å². The monoisotopic (exact) mass is 332 g/mol. The number of fused-ring (bicyclic) bond motifs is 1. The van der Waals surface area contributed by atoms with Crippen molar-refractivity contribution in [3.63, 3.8) is 0 Å². The van der Waals surface area contributed by atoms with Crippen LogP contribution in [0.25, 0.3) is 0 Å². The average molecular weight is 333 g/mol. The van der Waals surface area contributed by atoms with Crippen molar-refractivity contribution < 1.29 is 9.84 Å². The number of ether oxygens (including phenoxy) is 1. The molecular weight excluding hydrogens is 316 g/mol. The highest BCUT2D eigenvalue weighted by atomic mass is 79.9. The molecule has 3 rings (SSSR count). The summed E-state index contributed by atoms with van der Waals surface area (Å²) < 4.78 is 7.03. The van der Waals surface area contributed by atoms with Crippen LogP contribution in [0.3, 0.4) is 0 Å². The van der Waals surface area contributed by atoms with Crippen molar-refractivity contribution in [1.29, 1.82) is 0 Å². The van der Waals surface area contributed by atoms with E-state index in [-0.39, 0.29) is 6.10 Å². The number of hydrogen-bond acceptors (Lipinski definition) is 2. The van der Waals surface area contributed by atoms with Gasteiger partial charge in [-0.3, -0.25) is 0 Å². The van der Waals surface area contributed by atoms with Crippen molar-refractivity contribution >= 4 is 15.9 Å². The maximum absolute atomic E-state index is 10.4. The minimum absolute atomic E-state index is 0.0859. The summed E-state index contributed by atoms with van der Waals surface area (Å²) in [5, 5.41) is 10.4. The van der Waals surface area contributed by atoms with Gasteiger partial charge in [-0.25, -0.2) is 0 Å². The Morgan fingerprint density at radius 2 is 1.80 bits per heavy atom. The maximum atomic E-state index is 10.4. The number of aryl methyl sites for hydroxylation is 2. The minimum atomic E-state index is -0.484. The van der Waals surface area contributed by atoms with Gasteiger partial charge < -0.3 is 9.84 Å². The van der Waals surface area contributed by atoms with Crippen molar-refractivity contribution in [2.24, 2.45) is 0 Å². The molecule has 0 spiro atoms. The van der Waals surface area contributed by atoms with E-state index in [9.17, 15) is 5.11 Å². The number of benzene rings is 2. The van der Waals surface area contributed by atoms with E-state index in [0.29, 0.717) is 6.42 Å². The molecule has 1 N–H and O–H groups in total. The number of aliphatic hydroxyl groups excluding tert-OH is 1. The van der Waals surface area contributed by atoms with Crippen LogP contribution in [0.15, 0.2) is 40.9 Å². The molecule has 2 atom stereocenters. The summed E-state index contributed by atoms with van der Waals surface area (Å²) in [6.45, 7) is 4.17. The highest BCUT2D eigenvalue weighted by Gasteiger charge is 2.28. The number of rotatable bonds is 1. The molecule has 104 valence electrons. The second-order valence-corrected chi connectivity index (χ2v) is 6.38. The lowest BCUT2D eigenvalue weighted by Crippen LogP contribution is -2.19. The summed E-state index contributed by atoms with van der Waals surface area (Å²) in [6.07, 6.45) is 0.0196. The molecule has 2 aromatic carbocycles. The van der Waals surface area contributed by atoms with Crippen molar-refractivity contribution in [1.82, 2.24) is 0 Å². The van der Waals surface area contributed by atoms with Crippen molar-refractivity contribution in [3.8, 4) is 5.75 Å². The zero-order valence-corrected chi connectivity index (χ0v) is 13.1. The Hall–Kier alpha value is -1.32. The van der Waals surface area contributed by atoms with Gasteiger partial charge in [0.05, 0.1) is 6.10 Å². The average Bonchev–Trinajstić information content (AvgIpc) is 2.38. The summed E-state index contributed by atoms with van der Waals surface area (Å²) in [5.74, 6) is 0.774. The molecule has 0 saturated carbocycles. The lowest BCUT2D eigenvalue weighted by Gasteiger charge is -2.30. The molecule has 1 heterocycles. The van der Waals surface area contributed by atoms with Gasteiger partial charge in [0, 0.05) is 16.5 Å². The fraction of sp³-hybridized carbons (Fsp3) is 0.294. The van der Waals surface area contributed by atoms with Gasteiger partial charge in [0.15, 0.2) is 0 Å². The van der Waals surface area contributed by atoms with Gasteiger partial charge >= 0.3 is 0 Å². The Kier molecular flexibility index (Phi) is 3.57. The van der Waals surface area contributed by atoms with Crippen molar-refractivity contribution in [3.05, 3.63) is 63.1 Å². The Morgan fingerprint density at radius 3 is 2.50 bits per heavy atom. The maximum Gasteiger partial charge on any atom is 0.127 e. The molecule has 0 bridgehead atoms. The fourth-order valence-electron chi connectivity index (χ4n) is 2.82. The van der Waals surface area contributed by atoms with Crippen molar-refractivity contribution in [2.75, 3.05) is 0 Å². The molecule has 0 radical (unpaired) electrons. The number of hydrogen-bond donors (Lipinski definition) is 1. The lowest BCUT2D eigenvalue weighted by atomic mass is 9.93. The summed E-state index contributed by atoms with van der Waals surface area (Å²) in [4.78, 5) is 0. The van der Waals surface area contributed by atoms with Gasteiger partial charge in [-0.2, -0.15) is 0 Å². The van der Waals surface area contributed by atoms with Gasteiger partial charge in [-0.1, -0.05) is 45.3 Å². The fourth-order valence-corrected chi connectivity index (χ4v) is 3.20. The highest BCUT2D eigenvalue weighted by molar-refractivity contribution is 9.10. The second-order valence-electron chi connectivity index (χ2n) is 5.46. The normalized spacial score (nSPS) is 21.2. The first kappa shape index (κ1) is 13.7. The summed E-state index contributed by atoms with van der Waals surface area (Å²) in [7, 11) is 0. The molecular formula is C17H17BrO2. The molecule has 0 saturated heterocycles. The van der Waals surface area contributed by atoms with Crippen LogP contribution in [0.1, 0.15) is 40.9 Å². The Morgan fingerprint density at radius 1 is 1.10 bits per heavy atom. The zero-order chi connectivity index (χ0) is 14.3. The highest BCUT2D eigenvalue weighted by Crippen LogP contribution is 2.42. The Bertz CT molecular complexity index is 631. The first-order chi connectivity index (χ1) is 9.52. The molecule has 0 amide bonds. The molecule has 0 aliphatic carbocycles. The van der Waals surface area contributed by atoms with Gasteiger partial charge in [-0.15, -0.1) is 0 Å². The molecule has 20 heavy (non-hydrogen) atoms. The van der Waals surface area contributed by atoms with E-state index in [2.05, 4.69) is 48.0 Å². The lowest BCUT2D eigenvalue weighted by molar-refractivity contribution is 0.0656. The van der Waals surface area contributed by atoms with Crippen LogP contribution in [-0.4, -0.2) is 5.11 Å². The second kappa shape index (κ2) is 5.23. The summed E-state index contributed by atoms with van der Waals surface area (Å²) >= 11 is 3.43. The molecule has 1 unspecified atom stereocenters. The first-order valence-electron chi connectivity index (χ1n) is 6.75. The molecule has 2 nitrogen and oxygen atoms in total. The molecule has 0 fully saturated rings. The van der Waals surface area contributed by atoms with Crippen LogP contribution in [0, 0.1) is 13.8 Å². The van der Waals surface area contributed by atoms with Gasteiger partial charge in [-0.05, 0) is 37.6 Å². The first-order valence-corrected chi connectivity index (χ1v) is 7.54. The Labute approximate surface area is 127 Å². The number of aliphatic hydroxyl groups is 1. The third-order valence-electron chi connectivity index (χ3n) is 3.65. The van der Waals surface area contributed by atoms with Gasteiger partial charge in [0.2, 0.25) is 0 Å². The predicted molar refractivity (Wildman–Crippen MR) is 83.0 cm³/mol. The van der Waals surface area contributed by atoms with Gasteiger partial charge in [0.1, 0.15) is 11.9 Å². The number of halogens is 1. The van der Waals surface area contributed by atoms with E-state index >= 15 is 0 Å². The predicted octanol–water partition coefficient (Wildman–Crippen LogP) is 4.62. The minimum Gasteiger partial charge on any atom is -0.485 e. The quantitative estimate of drug-likeness (QED) is 0.825. The van der Waals surface area contributed by atoms with E-state index in [1.54, 1.807) is 0 Å². The van der Waals surface area contributed by atoms with Crippen LogP contribution in [0.4, 0.5) is 0 Å². The smallest absolute Gasteiger partial charge is 0.127 e. The standard InChI is InChI=1S/C17H17BrO2/c1-10-5-11(2)7-12(6-10)17-9-15(19)14-8-13(18)3-4-16(14)20-17/h3-8,15,17,19H,9H2,1-2H3/t15-,17?/m1/s1. The van der Waals surface area contributed by atoms with Crippen LogP contribution in [-0.2, 0) is 0 Å². The molecule has 1 aliphatic heterocycles. The molecule has 0 aromatic heterocycles. The zero-order valence-electron chi connectivity index (χ0n) is 11.6. The van der Waals surface area contributed by atoms with E-state index < -0.39 is 6.10 Å². The van der Waals surface area contributed by atoms with Crippen LogP contribution < -0.4 is 4.74 Å². The summed E-state index contributed by atoms with van der Waals surface area (Å²) in [6, 6.07) is 12.2. The van der Waals surface area contributed by atoms with Gasteiger partial charge in [0.25, 0.3) is 0 Å². The molecule has 2 aromatic rings. The van der Waals surface area contributed by atoms with Crippen LogP contribution >= 0.6 is 15.9 Å². The van der Waals surface area contributed by atoms with E-state index in [0.717, 1.165) is 21.3 Å². The SMILES string of the molecule is Cc1cc(C)cc(C2C[C@@H](O)c3cc(Br)ccc3O2)c1. The third kappa shape index (κ3) is 2.60. The van der Waals surface area contributed by atoms with Crippen LogP contribution in [0.2, 0.25) is 0 Å². The topological polar surface area (TPSA) is 29.5 Å². The third-order valence-corrected chi connectivity index (χ3v) is 4.15. The van der Waals surface area contributed by atoms with E-state index in [4.69, 9.17) is 4.74 Å². The Balaban J connectivity index is 1.96. The molecule has 3 heteroatoms. The van der Waals surface area contributed by atoms with Crippen molar-refractivity contribution in [2.45, 2.75) is 32.5 Å². The van der Waals surface area contributed by atoms with E-state index in [1.165, 1.54) is 11.1 Å². The molecule has 1 aliphatic rings.